The molecule has 1 aliphatic rings. The summed E-state index contributed by atoms with van der Waals surface area (Å²) < 4.78 is 12.7. The Balaban J connectivity index is 1.54. The summed E-state index contributed by atoms with van der Waals surface area (Å²) in [5.74, 6) is -0.0590. The van der Waals surface area contributed by atoms with Gasteiger partial charge in [-0.2, -0.15) is 0 Å². The minimum absolute atomic E-state index is 0.0590. The van der Waals surface area contributed by atoms with Gasteiger partial charge in [0, 0.05) is 49.7 Å². The van der Waals surface area contributed by atoms with Crippen LogP contribution < -0.4 is 4.74 Å². The number of thiophene rings is 1. The number of ether oxygens (including phenoxy) is 2. The van der Waals surface area contributed by atoms with E-state index in [2.05, 4.69) is 32.4 Å². The van der Waals surface area contributed by atoms with E-state index in [0.29, 0.717) is 10.4 Å². The molecule has 1 aliphatic heterocycles. The summed E-state index contributed by atoms with van der Waals surface area (Å²) in [4.78, 5) is 25.1. The van der Waals surface area contributed by atoms with Crippen molar-refractivity contribution in [1.82, 2.24) is 19.4 Å². The Labute approximate surface area is 161 Å². The number of methoxy groups -OCH3 is 1. The van der Waals surface area contributed by atoms with Crippen LogP contribution in [-0.4, -0.2) is 65.2 Å². The van der Waals surface area contributed by atoms with Gasteiger partial charge in [-0.05, 0) is 19.1 Å². The smallest absolute Gasteiger partial charge is 0.316 e. The molecule has 0 aromatic carbocycles. The quantitative estimate of drug-likeness (QED) is 0.606. The van der Waals surface area contributed by atoms with Gasteiger partial charge in [-0.1, -0.05) is 0 Å². The Hall–Kier alpha value is -2.29. The molecule has 7 nitrogen and oxygen atoms in total. The minimum atomic E-state index is -0.0590. The standard InChI is InChI=1S/C19H22N4O3S/c1-13-9-14-10-16(17(24)15-11-20-19(25-2)21-12-15)27-18(14)23(13)4-3-22-5-7-26-8-6-22/h9-12H,3-8H2,1-2H3. The monoisotopic (exact) mass is 386 g/mol. The van der Waals surface area contributed by atoms with Gasteiger partial charge in [0.2, 0.25) is 5.78 Å². The van der Waals surface area contributed by atoms with E-state index in [1.165, 1.54) is 36.5 Å². The molecule has 0 spiro atoms. The normalized spacial score (nSPS) is 15.3. The highest BCUT2D eigenvalue weighted by atomic mass is 32.1. The summed E-state index contributed by atoms with van der Waals surface area (Å²) in [5, 5.41) is 1.11. The molecule has 4 rings (SSSR count). The average molecular weight is 386 g/mol. The van der Waals surface area contributed by atoms with Crippen LogP contribution in [0, 0.1) is 6.92 Å². The molecule has 1 fully saturated rings. The summed E-state index contributed by atoms with van der Waals surface area (Å²) in [6, 6.07) is 4.37. The molecule has 27 heavy (non-hydrogen) atoms. The number of carbonyl (C=O) groups excluding carboxylic acids is 1. The van der Waals surface area contributed by atoms with E-state index in [4.69, 9.17) is 9.47 Å². The van der Waals surface area contributed by atoms with Crippen molar-refractivity contribution in [2.45, 2.75) is 13.5 Å². The number of aromatic nitrogens is 3. The lowest BCUT2D eigenvalue weighted by atomic mass is 10.2. The zero-order chi connectivity index (χ0) is 18.8. The van der Waals surface area contributed by atoms with Crippen LogP contribution in [0.25, 0.3) is 10.2 Å². The molecule has 4 heterocycles. The number of morpholine rings is 1. The maximum atomic E-state index is 12.8. The van der Waals surface area contributed by atoms with E-state index < -0.39 is 0 Å². The molecule has 3 aromatic rings. The maximum Gasteiger partial charge on any atom is 0.316 e. The molecule has 0 radical (unpaired) electrons. The second-order valence-electron chi connectivity index (χ2n) is 6.55. The van der Waals surface area contributed by atoms with Crippen molar-refractivity contribution < 1.29 is 14.3 Å². The highest BCUT2D eigenvalue weighted by Gasteiger charge is 2.18. The van der Waals surface area contributed by atoms with Gasteiger partial charge in [-0.3, -0.25) is 9.69 Å². The fourth-order valence-corrected chi connectivity index (χ4v) is 4.50. The zero-order valence-corrected chi connectivity index (χ0v) is 16.3. The number of fused-ring (bicyclic) bond motifs is 1. The topological polar surface area (TPSA) is 69.5 Å². The van der Waals surface area contributed by atoms with E-state index in [1.807, 2.05) is 6.07 Å². The Kier molecular flexibility index (Phi) is 5.20. The molecule has 142 valence electrons. The van der Waals surface area contributed by atoms with Crippen LogP contribution in [0.4, 0.5) is 0 Å². The van der Waals surface area contributed by atoms with Crippen LogP contribution in [0.1, 0.15) is 20.9 Å². The largest absolute Gasteiger partial charge is 0.467 e. The van der Waals surface area contributed by atoms with Gasteiger partial charge in [0.1, 0.15) is 4.83 Å². The summed E-state index contributed by atoms with van der Waals surface area (Å²) in [7, 11) is 1.50. The summed E-state index contributed by atoms with van der Waals surface area (Å²) in [5.41, 5.74) is 1.69. The van der Waals surface area contributed by atoms with Crippen LogP contribution in [-0.2, 0) is 11.3 Å². The molecule has 0 amide bonds. The lowest BCUT2D eigenvalue weighted by Gasteiger charge is -2.26. The fourth-order valence-electron chi connectivity index (χ4n) is 3.31. The molecular formula is C19H22N4O3S. The minimum Gasteiger partial charge on any atom is -0.467 e. The van der Waals surface area contributed by atoms with E-state index in [-0.39, 0.29) is 11.8 Å². The van der Waals surface area contributed by atoms with Crippen molar-refractivity contribution in [2.24, 2.45) is 0 Å². The van der Waals surface area contributed by atoms with Crippen molar-refractivity contribution in [2.75, 3.05) is 40.0 Å². The number of aryl methyl sites for hydroxylation is 1. The Morgan fingerprint density at radius 2 is 1.96 bits per heavy atom. The first-order valence-electron chi connectivity index (χ1n) is 8.96. The molecule has 0 unspecified atom stereocenters. The number of nitrogens with zero attached hydrogens (tertiary/aromatic N) is 4. The summed E-state index contributed by atoms with van der Waals surface area (Å²) in [6.07, 6.45) is 3.02. The van der Waals surface area contributed by atoms with Crippen molar-refractivity contribution in [1.29, 1.82) is 0 Å². The van der Waals surface area contributed by atoms with E-state index in [0.717, 1.165) is 49.6 Å². The van der Waals surface area contributed by atoms with Crippen LogP contribution >= 0.6 is 11.3 Å². The third kappa shape index (κ3) is 3.73. The number of carbonyl (C=O) groups is 1. The number of rotatable bonds is 6. The van der Waals surface area contributed by atoms with Crippen molar-refractivity contribution in [3.8, 4) is 6.01 Å². The Bertz CT molecular complexity index is 942. The first kappa shape index (κ1) is 18.1. The van der Waals surface area contributed by atoms with Crippen LogP contribution in [0.2, 0.25) is 0 Å². The molecule has 0 atom stereocenters. The maximum absolute atomic E-state index is 12.8. The molecular weight excluding hydrogens is 364 g/mol. The third-order valence-corrected chi connectivity index (χ3v) is 5.99. The Morgan fingerprint density at radius 1 is 1.22 bits per heavy atom. The summed E-state index contributed by atoms with van der Waals surface area (Å²) in [6.45, 7) is 7.59. The van der Waals surface area contributed by atoms with Crippen molar-refractivity contribution >= 4 is 27.3 Å². The SMILES string of the molecule is COc1ncc(C(=O)c2cc3cc(C)n(CCN4CCOCC4)c3s2)cn1. The predicted octanol–water partition coefficient (Wildman–Crippen LogP) is 2.37. The van der Waals surface area contributed by atoms with Gasteiger partial charge < -0.3 is 14.0 Å². The predicted molar refractivity (Wildman–Crippen MR) is 104 cm³/mol. The van der Waals surface area contributed by atoms with Crippen LogP contribution in [0.15, 0.2) is 24.5 Å². The zero-order valence-electron chi connectivity index (χ0n) is 15.5. The van der Waals surface area contributed by atoms with Crippen LogP contribution in [0.5, 0.6) is 6.01 Å². The average Bonchev–Trinajstić information content (AvgIpc) is 3.24. The van der Waals surface area contributed by atoms with Gasteiger partial charge in [-0.25, -0.2) is 9.97 Å². The first-order chi connectivity index (χ1) is 13.2. The molecule has 0 aliphatic carbocycles. The van der Waals surface area contributed by atoms with Crippen molar-refractivity contribution in [3.63, 3.8) is 0 Å². The highest BCUT2D eigenvalue weighted by molar-refractivity contribution is 7.20. The number of hydrogen-bond acceptors (Lipinski definition) is 7. The van der Waals surface area contributed by atoms with E-state index >= 15 is 0 Å². The second-order valence-corrected chi connectivity index (χ2v) is 7.58. The molecule has 0 saturated carbocycles. The Morgan fingerprint density at radius 3 is 2.67 bits per heavy atom. The molecule has 8 heteroatoms. The van der Waals surface area contributed by atoms with E-state index in [1.54, 1.807) is 0 Å². The number of ketones is 1. The third-order valence-electron chi connectivity index (χ3n) is 4.82. The second kappa shape index (κ2) is 7.75. The highest BCUT2D eigenvalue weighted by Crippen LogP contribution is 2.30. The van der Waals surface area contributed by atoms with Gasteiger partial charge in [0.05, 0.1) is 30.8 Å². The lowest BCUT2D eigenvalue weighted by molar-refractivity contribution is 0.0365. The molecule has 1 saturated heterocycles. The molecule has 0 N–H and O–H groups in total. The fraction of sp³-hybridized carbons (Fsp3) is 0.421. The first-order valence-corrected chi connectivity index (χ1v) is 9.78. The van der Waals surface area contributed by atoms with Gasteiger partial charge in [-0.15, -0.1) is 11.3 Å². The van der Waals surface area contributed by atoms with Gasteiger partial charge >= 0.3 is 6.01 Å². The number of hydrogen-bond donors (Lipinski definition) is 0. The van der Waals surface area contributed by atoms with Crippen molar-refractivity contribution in [3.05, 3.63) is 40.7 Å². The van der Waals surface area contributed by atoms with Gasteiger partial charge in [0.15, 0.2) is 0 Å². The molecule has 0 bridgehead atoms. The van der Waals surface area contributed by atoms with Gasteiger partial charge in [0.25, 0.3) is 0 Å². The van der Waals surface area contributed by atoms with Crippen LogP contribution in [0.3, 0.4) is 0 Å². The molecule has 3 aromatic heterocycles. The van der Waals surface area contributed by atoms with E-state index in [9.17, 15) is 4.79 Å². The lowest BCUT2D eigenvalue weighted by Crippen LogP contribution is -2.38. The summed E-state index contributed by atoms with van der Waals surface area (Å²) >= 11 is 1.53.